The van der Waals surface area contributed by atoms with Gasteiger partial charge >= 0.3 is 5.97 Å². The van der Waals surface area contributed by atoms with Crippen LogP contribution in [0, 0.1) is 28.6 Å². The molecule has 0 saturated heterocycles. The maximum absolute atomic E-state index is 17.2. The van der Waals surface area contributed by atoms with Gasteiger partial charge in [0.1, 0.15) is 6.61 Å². The molecule has 0 aliphatic heterocycles. The lowest BCUT2D eigenvalue weighted by atomic mass is 9.44. The van der Waals surface area contributed by atoms with Crippen molar-refractivity contribution in [3.63, 3.8) is 0 Å². The number of allylic oxidation sites excluding steroid dienone is 4. The molecule has 0 amide bonds. The second-order valence-electron chi connectivity index (χ2n) is 10.5. The number of Topliss-reactive ketones (excluding diaryl/α,β-unsaturated/α-hetero) is 1. The number of aliphatic hydroxyl groups is 2. The highest BCUT2D eigenvalue weighted by Gasteiger charge is 2.77. The van der Waals surface area contributed by atoms with E-state index in [-0.39, 0.29) is 24.5 Å². The van der Waals surface area contributed by atoms with E-state index >= 15 is 4.39 Å². The minimum atomic E-state index is -2.02. The first-order chi connectivity index (χ1) is 14.9. The summed E-state index contributed by atoms with van der Waals surface area (Å²) in [5.41, 5.74) is -5.10. The monoisotopic (exact) mass is 448 g/mol. The van der Waals surface area contributed by atoms with Crippen LogP contribution in [0.5, 0.6) is 0 Å². The molecule has 0 aromatic rings. The number of carbonyl (C=O) groups excluding carboxylic acids is 3. The summed E-state index contributed by atoms with van der Waals surface area (Å²) >= 11 is 0. The lowest BCUT2D eigenvalue weighted by Gasteiger charge is -2.62. The van der Waals surface area contributed by atoms with Crippen molar-refractivity contribution in [2.24, 2.45) is 28.6 Å². The Morgan fingerprint density at radius 3 is 2.59 bits per heavy atom. The van der Waals surface area contributed by atoms with Crippen LogP contribution in [0.1, 0.15) is 59.8 Å². The summed E-state index contributed by atoms with van der Waals surface area (Å²) in [4.78, 5) is 37.5. The highest BCUT2D eigenvalue weighted by molar-refractivity contribution is 6.01. The van der Waals surface area contributed by atoms with E-state index in [1.807, 2.05) is 0 Å². The molecule has 0 aromatic heterocycles. The quantitative estimate of drug-likeness (QED) is 0.642. The lowest BCUT2D eigenvalue weighted by Crippen LogP contribution is -2.70. The highest BCUT2D eigenvalue weighted by Crippen LogP contribution is 2.71. The third kappa shape index (κ3) is 2.61. The molecule has 0 bridgehead atoms. The minimum Gasteiger partial charge on any atom is -0.450 e. The van der Waals surface area contributed by atoms with Gasteiger partial charge in [0.15, 0.2) is 17.1 Å². The van der Waals surface area contributed by atoms with Crippen molar-refractivity contribution in [2.45, 2.75) is 77.2 Å². The van der Waals surface area contributed by atoms with Crippen LogP contribution in [-0.2, 0) is 19.1 Å². The summed E-state index contributed by atoms with van der Waals surface area (Å²) in [7, 11) is 0. The number of hydrogen-bond acceptors (Lipinski definition) is 6. The van der Waals surface area contributed by atoms with E-state index in [4.69, 9.17) is 4.74 Å². The van der Waals surface area contributed by atoms with Gasteiger partial charge in [-0.2, -0.15) is 0 Å². The minimum absolute atomic E-state index is 0.0675. The summed E-state index contributed by atoms with van der Waals surface area (Å²) in [6.45, 7) is 6.19. The number of rotatable bonds is 4. The second-order valence-corrected chi connectivity index (χ2v) is 10.5. The Morgan fingerprint density at radius 2 is 1.97 bits per heavy atom. The Bertz CT molecular complexity index is 925. The van der Waals surface area contributed by atoms with Crippen LogP contribution < -0.4 is 0 Å². The molecule has 8 atom stereocenters. The molecular weight excluding hydrogens is 415 g/mol. The molecule has 7 heteroatoms. The maximum atomic E-state index is 17.2. The van der Waals surface area contributed by atoms with Gasteiger partial charge in [0.05, 0.1) is 6.10 Å². The molecule has 0 unspecified atom stereocenters. The summed E-state index contributed by atoms with van der Waals surface area (Å²) in [6.07, 6.45) is 4.38. The fourth-order valence-corrected chi connectivity index (χ4v) is 7.77. The molecule has 4 aliphatic carbocycles. The van der Waals surface area contributed by atoms with Crippen LogP contribution in [0.2, 0.25) is 0 Å². The first-order valence-corrected chi connectivity index (χ1v) is 11.6. The number of carbonyl (C=O) groups is 3. The third-order valence-corrected chi connectivity index (χ3v) is 9.30. The van der Waals surface area contributed by atoms with Crippen molar-refractivity contribution in [2.75, 3.05) is 6.61 Å². The predicted molar refractivity (Wildman–Crippen MR) is 114 cm³/mol. The average Bonchev–Trinajstić information content (AvgIpc) is 2.96. The van der Waals surface area contributed by atoms with E-state index in [0.29, 0.717) is 24.8 Å². The molecular formula is C25H33FO6. The van der Waals surface area contributed by atoms with Crippen molar-refractivity contribution >= 4 is 17.5 Å². The van der Waals surface area contributed by atoms with Gasteiger partial charge in [-0.25, -0.2) is 4.39 Å². The van der Waals surface area contributed by atoms with Crippen LogP contribution in [0.4, 0.5) is 4.39 Å². The number of ketones is 2. The van der Waals surface area contributed by atoms with E-state index < -0.39 is 58.4 Å². The summed E-state index contributed by atoms with van der Waals surface area (Å²) in [5.74, 6) is -2.69. The van der Waals surface area contributed by atoms with Gasteiger partial charge in [-0.05, 0) is 50.7 Å². The SMILES string of the molecule is CCC(=O)O[C@]1(C(=O)CO)[C@@H](C)C[C@H]2[C@@H]3CCC4=CC(=O)C=C[C@]4(C)[C@]3(F)[C@@H](O)C[C@@]21C. The van der Waals surface area contributed by atoms with E-state index in [1.165, 1.54) is 12.2 Å². The third-order valence-electron chi connectivity index (χ3n) is 9.30. The molecule has 3 saturated carbocycles. The van der Waals surface area contributed by atoms with Gasteiger partial charge in [0.2, 0.25) is 5.78 Å². The molecule has 2 N–H and O–H groups in total. The fraction of sp³-hybridized carbons (Fsp3) is 0.720. The van der Waals surface area contributed by atoms with Gasteiger partial charge in [0, 0.05) is 29.1 Å². The molecule has 0 spiro atoms. The molecule has 176 valence electrons. The Labute approximate surface area is 187 Å². The van der Waals surface area contributed by atoms with Gasteiger partial charge in [-0.1, -0.05) is 32.4 Å². The Morgan fingerprint density at radius 1 is 1.28 bits per heavy atom. The Kier molecular flexibility index (Phi) is 5.33. The predicted octanol–water partition coefficient (Wildman–Crippen LogP) is 2.86. The summed E-state index contributed by atoms with van der Waals surface area (Å²) in [5, 5.41) is 21.2. The first-order valence-electron chi connectivity index (χ1n) is 11.6. The standard InChI is InChI=1S/C25H33FO6/c1-5-21(31)32-25(20(30)13-27)14(2)10-18-17-7-6-15-11-16(28)8-9-22(15,3)24(17,26)19(29)12-23(18,25)4/h8-9,11,14,17-19,27,29H,5-7,10,12-13H2,1-4H3/t14-,17-,18-,19-,22-,23-,24+,25-/m0/s1. The van der Waals surface area contributed by atoms with Crippen molar-refractivity contribution < 1.29 is 33.7 Å². The topological polar surface area (TPSA) is 101 Å². The first kappa shape index (κ1) is 23.3. The van der Waals surface area contributed by atoms with Crippen LogP contribution in [0.25, 0.3) is 0 Å². The summed E-state index contributed by atoms with van der Waals surface area (Å²) in [6, 6.07) is 0. The number of halogens is 1. The highest BCUT2D eigenvalue weighted by atomic mass is 19.1. The van der Waals surface area contributed by atoms with Crippen LogP contribution in [0.15, 0.2) is 23.8 Å². The molecule has 4 rings (SSSR count). The number of fused-ring (bicyclic) bond motifs is 5. The van der Waals surface area contributed by atoms with E-state index in [2.05, 4.69) is 0 Å². The number of ether oxygens (including phenoxy) is 1. The Hall–Kier alpha value is -1.86. The maximum Gasteiger partial charge on any atom is 0.306 e. The van der Waals surface area contributed by atoms with Crippen LogP contribution >= 0.6 is 0 Å². The number of alkyl halides is 1. The van der Waals surface area contributed by atoms with Crippen molar-refractivity contribution in [1.29, 1.82) is 0 Å². The fourth-order valence-electron chi connectivity index (χ4n) is 7.77. The van der Waals surface area contributed by atoms with Crippen LogP contribution in [-0.4, -0.2) is 51.7 Å². The van der Waals surface area contributed by atoms with E-state index in [9.17, 15) is 24.6 Å². The van der Waals surface area contributed by atoms with Crippen LogP contribution in [0.3, 0.4) is 0 Å². The molecule has 0 heterocycles. The van der Waals surface area contributed by atoms with Crippen molar-refractivity contribution in [1.82, 2.24) is 0 Å². The van der Waals surface area contributed by atoms with Gasteiger partial charge in [0.25, 0.3) is 0 Å². The molecule has 0 aromatic carbocycles. The van der Waals surface area contributed by atoms with Gasteiger partial charge < -0.3 is 14.9 Å². The molecule has 4 aliphatic rings. The van der Waals surface area contributed by atoms with Crippen molar-refractivity contribution in [3.05, 3.63) is 23.8 Å². The average molecular weight is 449 g/mol. The smallest absolute Gasteiger partial charge is 0.306 e. The van der Waals surface area contributed by atoms with E-state index in [0.717, 1.165) is 0 Å². The molecule has 3 fully saturated rings. The largest absolute Gasteiger partial charge is 0.450 e. The van der Waals surface area contributed by atoms with Crippen molar-refractivity contribution in [3.8, 4) is 0 Å². The Balaban J connectivity index is 1.85. The second kappa shape index (κ2) is 7.32. The normalized spacial score (nSPS) is 47.2. The number of esters is 1. The van der Waals surface area contributed by atoms with Gasteiger partial charge in [-0.15, -0.1) is 0 Å². The van der Waals surface area contributed by atoms with Gasteiger partial charge in [-0.3, -0.25) is 14.4 Å². The molecule has 32 heavy (non-hydrogen) atoms. The number of aliphatic hydroxyl groups excluding tert-OH is 2. The number of hydrogen-bond donors (Lipinski definition) is 2. The zero-order valence-corrected chi connectivity index (χ0v) is 19.2. The lowest BCUT2D eigenvalue weighted by molar-refractivity contribution is -0.228. The van der Waals surface area contributed by atoms with E-state index in [1.54, 1.807) is 33.8 Å². The zero-order valence-electron chi connectivity index (χ0n) is 19.2. The zero-order chi connectivity index (χ0) is 23.7. The molecule has 6 nitrogen and oxygen atoms in total. The summed E-state index contributed by atoms with van der Waals surface area (Å²) < 4.78 is 23.0. The molecule has 0 radical (unpaired) electrons.